The van der Waals surface area contributed by atoms with E-state index in [1.54, 1.807) is 14.2 Å². The third-order valence-electron chi connectivity index (χ3n) is 1.94. The van der Waals surface area contributed by atoms with Gasteiger partial charge < -0.3 is 9.47 Å². The number of Topliss-reactive ketones (excluding diaryl/α,β-unsaturated/α-hetero) is 1. The van der Waals surface area contributed by atoms with Crippen LogP contribution in [0.25, 0.3) is 0 Å². The lowest BCUT2D eigenvalue weighted by molar-refractivity contribution is -0.123. The molecule has 0 spiro atoms. The largest absolute Gasteiger partial charge is 0.384 e. The van der Waals surface area contributed by atoms with E-state index in [4.69, 9.17) is 9.47 Å². The van der Waals surface area contributed by atoms with Gasteiger partial charge in [0.15, 0.2) is 0 Å². The van der Waals surface area contributed by atoms with Crippen LogP contribution in [0.15, 0.2) is 0 Å². The summed E-state index contributed by atoms with van der Waals surface area (Å²) in [4.78, 5) is 11.4. The second-order valence-corrected chi connectivity index (χ2v) is 3.60. The van der Waals surface area contributed by atoms with Gasteiger partial charge in [-0.2, -0.15) is 0 Å². The van der Waals surface area contributed by atoms with E-state index in [1.807, 2.05) is 13.8 Å². The molecule has 0 aromatic heterocycles. The Kier molecular flexibility index (Phi) is 6.82. The predicted octanol–water partition coefficient (Wildman–Crippen LogP) is 1.51. The van der Waals surface area contributed by atoms with Crippen molar-refractivity contribution in [2.45, 2.75) is 20.3 Å². The fraction of sp³-hybridized carbons (Fsp3) is 0.900. The minimum absolute atomic E-state index is 0.108. The summed E-state index contributed by atoms with van der Waals surface area (Å²) < 4.78 is 10.0. The number of hydrogen-bond donors (Lipinski definition) is 0. The minimum Gasteiger partial charge on any atom is -0.384 e. The third kappa shape index (κ3) is 5.77. The molecule has 78 valence electrons. The second-order valence-electron chi connectivity index (χ2n) is 3.60. The van der Waals surface area contributed by atoms with Crippen molar-refractivity contribution in [2.24, 2.45) is 11.8 Å². The zero-order valence-corrected chi connectivity index (χ0v) is 9.00. The normalized spacial score (nSPS) is 11.2. The summed E-state index contributed by atoms with van der Waals surface area (Å²) >= 11 is 0. The average molecular weight is 188 g/mol. The first-order valence-electron chi connectivity index (χ1n) is 4.62. The van der Waals surface area contributed by atoms with E-state index in [-0.39, 0.29) is 17.6 Å². The summed E-state index contributed by atoms with van der Waals surface area (Å²) in [7, 11) is 3.28. The molecular formula is C10H20O3. The smallest absolute Gasteiger partial charge is 0.135 e. The summed E-state index contributed by atoms with van der Waals surface area (Å²) in [5.41, 5.74) is 0. The highest BCUT2D eigenvalue weighted by molar-refractivity contribution is 5.80. The van der Waals surface area contributed by atoms with E-state index in [2.05, 4.69) is 0 Å². The number of ketones is 1. The van der Waals surface area contributed by atoms with Gasteiger partial charge in [0, 0.05) is 32.5 Å². The summed E-state index contributed by atoms with van der Waals surface area (Å²) in [5, 5.41) is 0. The van der Waals surface area contributed by atoms with E-state index in [1.165, 1.54) is 0 Å². The summed E-state index contributed by atoms with van der Waals surface area (Å²) in [6, 6.07) is 0. The highest BCUT2D eigenvalue weighted by Crippen LogP contribution is 2.09. The van der Waals surface area contributed by atoms with Gasteiger partial charge in [0.1, 0.15) is 5.78 Å². The van der Waals surface area contributed by atoms with Crippen molar-refractivity contribution >= 4 is 5.78 Å². The van der Waals surface area contributed by atoms with Crippen molar-refractivity contribution < 1.29 is 14.3 Å². The van der Waals surface area contributed by atoms with Crippen LogP contribution in [0.1, 0.15) is 20.3 Å². The first-order valence-corrected chi connectivity index (χ1v) is 4.62. The van der Waals surface area contributed by atoms with Crippen molar-refractivity contribution in [3.05, 3.63) is 0 Å². The lowest BCUT2D eigenvalue weighted by Gasteiger charge is -2.15. The fourth-order valence-electron chi connectivity index (χ4n) is 1.16. The second kappa shape index (κ2) is 7.04. The highest BCUT2D eigenvalue weighted by atomic mass is 16.5. The van der Waals surface area contributed by atoms with Crippen LogP contribution in [0.5, 0.6) is 0 Å². The topological polar surface area (TPSA) is 35.5 Å². The molecule has 0 aromatic rings. The number of hydrogen-bond acceptors (Lipinski definition) is 3. The average Bonchev–Trinajstić information content (AvgIpc) is 2.05. The molecule has 3 nitrogen and oxygen atoms in total. The van der Waals surface area contributed by atoms with E-state index in [0.717, 1.165) is 0 Å². The van der Waals surface area contributed by atoms with Gasteiger partial charge in [-0.1, -0.05) is 13.8 Å². The fourth-order valence-corrected chi connectivity index (χ4v) is 1.16. The van der Waals surface area contributed by atoms with Crippen LogP contribution in [-0.2, 0) is 14.3 Å². The van der Waals surface area contributed by atoms with Crippen LogP contribution in [0.3, 0.4) is 0 Å². The maximum Gasteiger partial charge on any atom is 0.135 e. The lowest BCUT2D eigenvalue weighted by atomic mass is 9.98. The molecule has 0 saturated carbocycles. The molecule has 0 aliphatic rings. The Balaban J connectivity index is 3.86. The van der Waals surface area contributed by atoms with Gasteiger partial charge in [-0.25, -0.2) is 0 Å². The van der Waals surface area contributed by atoms with Crippen LogP contribution in [0.4, 0.5) is 0 Å². The molecule has 0 amide bonds. The van der Waals surface area contributed by atoms with Gasteiger partial charge in [-0.15, -0.1) is 0 Å². The van der Waals surface area contributed by atoms with Gasteiger partial charge in [-0.05, 0) is 0 Å². The molecule has 0 rings (SSSR count). The molecule has 13 heavy (non-hydrogen) atoms. The van der Waals surface area contributed by atoms with Crippen LogP contribution < -0.4 is 0 Å². The molecule has 0 aliphatic heterocycles. The van der Waals surface area contributed by atoms with Crippen molar-refractivity contribution in [3.63, 3.8) is 0 Å². The SMILES string of the molecule is COCC(COC)CC(=O)C(C)C. The lowest BCUT2D eigenvalue weighted by Crippen LogP contribution is -2.21. The van der Waals surface area contributed by atoms with Crippen molar-refractivity contribution in [1.29, 1.82) is 0 Å². The number of carbonyl (C=O) groups excluding carboxylic acids is 1. The van der Waals surface area contributed by atoms with Gasteiger partial charge in [0.05, 0.1) is 13.2 Å². The van der Waals surface area contributed by atoms with Gasteiger partial charge in [0.25, 0.3) is 0 Å². The Labute approximate surface area is 80.4 Å². The molecule has 0 saturated heterocycles. The van der Waals surface area contributed by atoms with E-state index in [0.29, 0.717) is 19.6 Å². The summed E-state index contributed by atoms with van der Waals surface area (Å²) in [6.07, 6.45) is 0.555. The molecule has 0 aromatic carbocycles. The van der Waals surface area contributed by atoms with Crippen LogP contribution in [0.2, 0.25) is 0 Å². The molecule has 0 unspecified atom stereocenters. The van der Waals surface area contributed by atoms with Gasteiger partial charge in [-0.3, -0.25) is 4.79 Å². The van der Waals surface area contributed by atoms with Crippen LogP contribution in [0, 0.1) is 11.8 Å². The van der Waals surface area contributed by atoms with Crippen molar-refractivity contribution in [3.8, 4) is 0 Å². The molecule has 0 heterocycles. The molecule has 0 N–H and O–H groups in total. The highest BCUT2D eigenvalue weighted by Gasteiger charge is 2.15. The van der Waals surface area contributed by atoms with Gasteiger partial charge >= 0.3 is 0 Å². The number of carbonyl (C=O) groups is 1. The number of methoxy groups -OCH3 is 2. The molecule has 0 bridgehead atoms. The van der Waals surface area contributed by atoms with Crippen LogP contribution >= 0.6 is 0 Å². The Hall–Kier alpha value is -0.410. The molecule has 0 aliphatic carbocycles. The zero-order valence-electron chi connectivity index (χ0n) is 9.00. The first-order chi connectivity index (χ1) is 6.11. The maximum atomic E-state index is 11.4. The first kappa shape index (κ1) is 12.6. The Morgan fingerprint density at radius 2 is 1.62 bits per heavy atom. The Bertz CT molecular complexity index is 137. The Morgan fingerprint density at radius 3 is 1.92 bits per heavy atom. The molecule has 0 radical (unpaired) electrons. The molecule has 0 atom stereocenters. The summed E-state index contributed by atoms with van der Waals surface area (Å²) in [5.74, 6) is 0.584. The van der Waals surface area contributed by atoms with Gasteiger partial charge in [0.2, 0.25) is 0 Å². The molecule has 0 fully saturated rings. The van der Waals surface area contributed by atoms with Crippen LogP contribution in [-0.4, -0.2) is 33.2 Å². The number of rotatable bonds is 7. The van der Waals surface area contributed by atoms with E-state index in [9.17, 15) is 4.79 Å². The summed E-state index contributed by atoms with van der Waals surface area (Å²) in [6.45, 7) is 5.01. The van der Waals surface area contributed by atoms with Crippen molar-refractivity contribution in [1.82, 2.24) is 0 Å². The molecule has 3 heteroatoms. The van der Waals surface area contributed by atoms with E-state index >= 15 is 0 Å². The predicted molar refractivity (Wildman–Crippen MR) is 51.7 cm³/mol. The quantitative estimate of drug-likeness (QED) is 0.607. The standard InChI is InChI=1S/C10H20O3/c1-8(2)10(11)5-9(6-12-3)7-13-4/h8-9H,5-7H2,1-4H3. The minimum atomic E-state index is 0.108. The molecular weight excluding hydrogens is 168 g/mol. The maximum absolute atomic E-state index is 11.4. The van der Waals surface area contributed by atoms with Crippen molar-refractivity contribution in [2.75, 3.05) is 27.4 Å². The zero-order chi connectivity index (χ0) is 10.3. The monoisotopic (exact) mass is 188 g/mol. The number of ether oxygens (including phenoxy) is 2. The van der Waals surface area contributed by atoms with E-state index < -0.39 is 0 Å². The Morgan fingerprint density at radius 1 is 1.15 bits per heavy atom. The third-order valence-corrected chi connectivity index (χ3v) is 1.94.